The standard InChI is InChI=1S/C18H17N3O2/c1-13(22)20-14-6-5-7-15(10-14)21-11-17(19-12-21)16-8-3-4-9-18(16)23-2/h3-12H,1-2H3,(H,20,22). The first-order valence-corrected chi connectivity index (χ1v) is 7.23. The molecule has 0 unspecified atom stereocenters. The number of hydrogen-bond donors (Lipinski definition) is 1. The molecule has 0 aliphatic carbocycles. The van der Waals surface area contributed by atoms with Crippen LogP contribution in [-0.4, -0.2) is 22.6 Å². The van der Waals surface area contributed by atoms with Crippen LogP contribution in [0.5, 0.6) is 5.75 Å². The highest BCUT2D eigenvalue weighted by molar-refractivity contribution is 5.88. The summed E-state index contributed by atoms with van der Waals surface area (Å²) in [5.41, 5.74) is 3.44. The van der Waals surface area contributed by atoms with Crippen LogP contribution in [0.3, 0.4) is 0 Å². The van der Waals surface area contributed by atoms with Crippen LogP contribution in [0.2, 0.25) is 0 Å². The van der Waals surface area contributed by atoms with E-state index in [1.807, 2.05) is 59.3 Å². The van der Waals surface area contributed by atoms with Gasteiger partial charge in [0.05, 0.1) is 19.1 Å². The number of anilines is 1. The normalized spacial score (nSPS) is 10.3. The van der Waals surface area contributed by atoms with Gasteiger partial charge in [0.2, 0.25) is 5.91 Å². The zero-order chi connectivity index (χ0) is 16.2. The van der Waals surface area contributed by atoms with Crippen molar-refractivity contribution in [2.75, 3.05) is 12.4 Å². The topological polar surface area (TPSA) is 56.1 Å². The third-order valence-corrected chi connectivity index (χ3v) is 3.43. The van der Waals surface area contributed by atoms with Gasteiger partial charge in [0.1, 0.15) is 5.75 Å². The minimum absolute atomic E-state index is 0.0949. The predicted octanol–water partition coefficient (Wildman–Crippen LogP) is 3.51. The van der Waals surface area contributed by atoms with E-state index >= 15 is 0 Å². The van der Waals surface area contributed by atoms with Gasteiger partial charge in [0.25, 0.3) is 0 Å². The van der Waals surface area contributed by atoms with Crippen LogP contribution in [0.25, 0.3) is 16.9 Å². The maximum atomic E-state index is 11.2. The van der Waals surface area contributed by atoms with Crippen LogP contribution in [0, 0.1) is 0 Å². The van der Waals surface area contributed by atoms with Crippen LogP contribution < -0.4 is 10.1 Å². The van der Waals surface area contributed by atoms with Gasteiger partial charge in [0.15, 0.2) is 0 Å². The Hall–Kier alpha value is -3.08. The lowest BCUT2D eigenvalue weighted by atomic mass is 10.1. The van der Waals surface area contributed by atoms with Crippen LogP contribution >= 0.6 is 0 Å². The average molecular weight is 307 g/mol. The molecular formula is C18H17N3O2. The Kier molecular flexibility index (Phi) is 4.10. The largest absolute Gasteiger partial charge is 0.496 e. The molecule has 116 valence electrons. The number of nitrogens with one attached hydrogen (secondary N) is 1. The van der Waals surface area contributed by atoms with E-state index < -0.39 is 0 Å². The van der Waals surface area contributed by atoms with Crippen molar-refractivity contribution in [1.82, 2.24) is 9.55 Å². The fourth-order valence-corrected chi connectivity index (χ4v) is 2.41. The van der Waals surface area contributed by atoms with Gasteiger partial charge in [0, 0.05) is 30.1 Å². The van der Waals surface area contributed by atoms with Gasteiger partial charge in [-0.1, -0.05) is 18.2 Å². The van der Waals surface area contributed by atoms with Crippen LogP contribution in [-0.2, 0) is 4.79 Å². The van der Waals surface area contributed by atoms with Gasteiger partial charge >= 0.3 is 0 Å². The molecule has 0 radical (unpaired) electrons. The number of ether oxygens (including phenoxy) is 1. The SMILES string of the molecule is COc1ccccc1-c1cn(-c2cccc(NC(C)=O)c2)cn1. The van der Waals surface area contributed by atoms with Gasteiger partial charge in [-0.2, -0.15) is 0 Å². The monoisotopic (exact) mass is 307 g/mol. The number of hydrogen-bond acceptors (Lipinski definition) is 3. The summed E-state index contributed by atoms with van der Waals surface area (Å²) < 4.78 is 7.29. The Morgan fingerprint density at radius 3 is 2.78 bits per heavy atom. The molecule has 3 aromatic rings. The molecule has 1 N–H and O–H groups in total. The molecule has 1 aromatic heterocycles. The summed E-state index contributed by atoms with van der Waals surface area (Å²) in [4.78, 5) is 15.6. The number of imidazole rings is 1. The van der Waals surface area contributed by atoms with E-state index in [0.29, 0.717) is 0 Å². The summed E-state index contributed by atoms with van der Waals surface area (Å²) in [6, 6.07) is 15.4. The minimum Gasteiger partial charge on any atom is -0.496 e. The summed E-state index contributed by atoms with van der Waals surface area (Å²) in [7, 11) is 1.65. The van der Waals surface area contributed by atoms with Gasteiger partial charge in [-0.15, -0.1) is 0 Å². The number of methoxy groups -OCH3 is 1. The number of aromatic nitrogens is 2. The van der Waals surface area contributed by atoms with Gasteiger partial charge in [-0.25, -0.2) is 4.98 Å². The van der Waals surface area contributed by atoms with Crippen molar-refractivity contribution in [2.24, 2.45) is 0 Å². The van der Waals surface area contributed by atoms with Crippen molar-refractivity contribution < 1.29 is 9.53 Å². The lowest BCUT2D eigenvalue weighted by Gasteiger charge is -2.07. The lowest BCUT2D eigenvalue weighted by Crippen LogP contribution is -2.06. The summed E-state index contributed by atoms with van der Waals surface area (Å²) in [6.07, 6.45) is 3.68. The molecule has 5 nitrogen and oxygen atoms in total. The number of carbonyl (C=O) groups is 1. The molecular weight excluding hydrogens is 290 g/mol. The van der Waals surface area contributed by atoms with E-state index in [9.17, 15) is 4.79 Å². The predicted molar refractivity (Wildman–Crippen MR) is 89.9 cm³/mol. The van der Waals surface area contributed by atoms with Crippen LogP contribution in [0.4, 0.5) is 5.69 Å². The molecule has 0 aliphatic rings. The van der Waals surface area contributed by atoms with Gasteiger partial charge in [-0.05, 0) is 30.3 Å². The summed E-state index contributed by atoms with van der Waals surface area (Å²) in [5, 5.41) is 2.78. The second-order valence-electron chi connectivity index (χ2n) is 5.10. The molecule has 0 saturated heterocycles. The number of amides is 1. The lowest BCUT2D eigenvalue weighted by molar-refractivity contribution is -0.114. The number of para-hydroxylation sites is 1. The second-order valence-corrected chi connectivity index (χ2v) is 5.10. The smallest absolute Gasteiger partial charge is 0.221 e. The van der Waals surface area contributed by atoms with E-state index in [4.69, 9.17) is 4.74 Å². The molecule has 0 aliphatic heterocycles. The molecule has 5 heteroatoms. The molecule has 2 aromatic carbocycles. The van der Waals surface area contributed by atoms with Crippen LogP contribution in [0.15, 0.2) is 61.1 Å². The molecule has 0 fully saturated rings. The Morgan fingerprint density at radius 2 is 2.00 bits per heavy atom. The van der Waals surface area contributed by atoms with Crippen molar-refractivity contribution in [2.45, 2.75) is 6.92 Å². The fourth-order valence-electron chi connectivity index (χ4n) is 2.41. The van der Waals surface area contributed by atoms with Crippen molar-refractivity contribution >= 4 is 11.6 Å². The average Bonchev–Trinajstić information content (AvgIpc) is 3.04. The number of rotatable bonds is 4. The number of nitrogens with zero attached hydrogens (tertiary/aromatic N) is 2. The molecule has 0 atom stereocenters. The van der Waals surface area contributed by atoms with E-state index in [2.05, 4.69) is 10.3 Å². The van der Waals surface area contributed by atoms with Gasteiger partial charge in [-0.3, -0.25) is 4.79 Å². The highest BCUT2D eigenvalue weighted by Gasteiger charge is 2.09. The van der Waals surface area contributed by atoms with Crippen LogP contribution in [0.1, 0.15) is 6.92 Å². The van der Waals surface area contributed by atoms with Crippen molar-refractivity contribution in [3.63, 3.8) is 0 Å². The van der Waals surface area contributed by atoms with E-state index in [1.54, 1.807) is 13.4 Å². The van der Waals surface area contributed by atoms with Crippen molar-refractivity contribution in [3.05, 3.63) is 61.1 Å². The van der Waals surface area contributed by atoms with Crippen molar-refractivity contribution in [1.29, 1.82) is 0 Å². The minimum atomic E-state index is -0.0949. The third kappa shape index (κ3) is 3.23. The Bertz CT molecular complexity index is 840. The maximum Gasteiger partial charge on any atom is 0.221 e. The Labute approximate surface area is 134 Å². The highest BCUT2D eigenvalue weighted by Crippen LogP contribution is 2.28. The van der Waals surface area contributed by atoms with E-state index in [-0.39, 0.29) is 5.91 Å². The number of benzene rings is 2. The molecule has 0 spiro atoms. The first-order chi connectivity index (χ1) is 11.2. The van der Waals surface area contributed by atoms with Crippen molar-refractivity contribution in [3.8, 4) is 22.7 Å². The summed E-state index contributed by atoms with van der Waals surface area (Å²) in [5.74, 6) is 0.687. The van der Waals surface area contributed by atoms with E-state index in [0.717, 1.165) is 28.4 Å². The fraction of sp³-hybridized carbons (Fsp3) is 0.111. The first kappa shape index (κ1) is 14.8. The van der Waals surface area contributed by atoms with E-state index in [1.165, 1.54) is 6.92 Å². The number of carbonyl (C=O) groups excluding carboxylic acids is 1. The Morgan fingerprint density at radius 1 is 1.17 bits per heavy atom. The molecule has 1 amide bonds. The first-order valence-electron chi connectivity index (χ1n) is 7.23. The third-order valence-electron chi connectivity index (χ3n) is 3.43. The zero-order valence-electron chi connectivity index (χ0n) is 13.0. The van der Waals surface area contributed by atoms with Gasteiger partial charge < -0.3 is 14.6 Å². The molecule has 0 saturated carbocycles. The zero-order valence-corrected chi connectivity index (χ0v) is 13.0. The molecule has 23 heavy (non-hydrogen) atoms. The molecule has 1 heterocycles. The molecule has 3 rings (SSSR count). The summed E-state index contributed by atoms with van der Waals surface area (Å²) >= 11 is 0. The quantitative estimate of drug-likeness (QED) is 0.802. The molecule has 0 bridgehead atoms. The summed E-state index contributed by atoms with van der Waals surface area (Å²) in [6.45, 7) is 1.49. The maximum absolute atomic E-state index is 11.2. The highest BCUT2D eigenvalue weighted by atomic mass is 16.5. The second kappa shape index (κ2) is 6.36. The Balaban J connectivity index is 1.94.